The maximum Gasteiger partial charge on any atom is 0.339 e. The Hall–Kier alpha value is -0.813. The molecule has 3 nitrogen and oxygen atoms in total. The smallest absolute Gasteiger partial charge is 0.339 e. The first kappa shape index (κ1) is 15.2. The molecule has 0 spiro atoms. The summed E-state index contributed by atoms with van der Waals surface area (Å²) in [6, 6.07) is 6.23. The molecule has 0 radical (unpaired) electrons. The number of rotatable bonds is 5. The molecule has 100 valence electrons. The number of methoxy groups -OCH3 is 1. The Labute approximate surface area is 118 Å². The summed E-state index contributed by atoms with van der Waals surface area (Å²) in [5.41, 5.74) is 0.505. The number of esters is 1. The monoisotopic (exact) mass is 330 g/mol. The van der Waals surface area contributed by atoms with Crippen molar-refractivity contribution in [1.82, 2.24) is 0 Å². The third kappa shape index (κ3) is 4.82. The molecule has 0 aliphatic carbocycles. The maximum absolute atomic E-state index is 11.9. The molecule has 1 aromatic rings. The first-order chi connectivity index (χ1) is 8.33. The lowest BCUT2D eigenvalue weighted by Gasteiger charge is -2.15. The van der Waals surface area contributed by atoms with Gasteiger partial charge in [0.05, 0.1) is 19.3 Å². The summed E-state index contributed by atoms with van der Waals surface area (Å²) < 4.78 is 11.1. The van der Waals surface area contributed by atoms with Crippen molar-refractivity contribution in [2.45, 2.75) is 25.7 Å². The zero-order valence-corrected chi connectivity index (χ0v) is 13.8. The van der Waals surface area contributed by atoms with Crippen molar-refractivity contribution in [3.05, 3.63) is 28.2 Å². The van der Waals surface area contributed by atoms with Gasteiger partial charge >= 0.3 is 5.97 Å². The van der Waals surface area contributed by atoms with Crippen LogP contribution in [0.25, 0.3) is 0 Å². The molecule has 18 heavy (non-hydrogen) atoms. The van der Waals surface area contributed by atoms with Crippen LogP contribution in [-0.4, -0.2) is 27.8 Å². The molecule has 0 saturated carbocycles. The summed E-state index contributed by atoms with van der Waals surface area (Å²) in [4.78, 5) is 11.9. The second-order valence-corrected chi connectivity index (χ2v) is 11.8. The fraction of sp³-hybridized carbons (Fsp3) is 0.462. The van der Waals surface area contributed by atoms with Gasteiger partial charge < -0.3 is 9.47 Å². The van der Waals surface area contributed by atoms with Gasteiger partial charge in [-0.25, -0.2) is 4.79 Å². The van der Waals surface area contributed by atoms with Gasteiger partial charge in [0.25, 0.3) is 0 Å². The molecule has 0 aromatic heterocycles. The van der Waals surface area contributed by atoms with Crippen LogP contribution in [-0.2, 0) is 4.74 Å². The summed E-state index contributed by atoms with van der Waals surface area (Å²) in [5, 5.41) is 0. The molecule has 0 atom stereocenters. The number of ether oxygens (including phenoxy) is 2. The Kier molecular flexibility index (Phi) is 5.41. The van der Waals surface area contributed by atoms with E-state index < -0.39 is 8.07 Å². The van der Waals surface area contributed by atoms with Gasteiger partial charge in [-0.15, -0.1) is 0 Å². The van der Waals surface area contributed by atoms with Crippen LogP contribution in [0.15, 0.2) is 22.7 Å². The molecule has 0 aliphatic heterocycles. The van der Waals surface area contributed by atoms with Crippen LogP contribution in [0.3, 0.4) is 0 Å². The van der Waals surface area contributed by atoms with Crippen LogP contribution in [0.1, 0.15) is 10.4 Å². The van der Waals surface area contributed by atoms with E-state index in [0.29, 0.717) is 17.9 Å². The van der Waals surface area contributed by atoms with Crippen molar-refractivity contribution in [2.24, 2.45) is 0 Å². The minimum Gasteiger partial charge on any atom is -0.497 e. The largest absolute Gasteiger partial charge is 0.497 e. The van der Waals surface area contributed by atoms with E-state index in [4.69, 9.17) is 9.47 Å². The summed E-state index contributed by atoms with van der Waals surface area (Å²) in [6.45, 7) is 7.24. The van der Waals surface area contributed by atoms with Crippen molar-refractivity contribution >= 4 is 30.0 Å². The predicted molar refractivity (Wildman–Crippen MR) is 79.1 cm³/mol. The Morgan fingerprint density at radius 1 is 1.33 bits per heavy atom. The second kappa shape index (κ2) is 6.38. The highest BCUT2D eigenvalue weighted by Gasteiger charge is 2.16. The Morgan fingerprint density at radius 2 is 2.00 bits per heavy atom. The van der Waals surface area contributed by atoms with Gasteiger partial charge in [-0.1, -0.05) is 19.6 Å². The number of hydrogen-bond acceptors (Lipinski definition) is 3. The van der Waals surface area contributed by atoms with E-state index in [1.165, 1.54) is 0 Å². The summed E-state index contributed by atoms with van der Waals surface area (Å²) >= 11 is 3.34. The molecule has 1 rings (SSSR count). The van der Waals surface area contributed by atoms with Crippen molar-refractivity contribution in [1.29, 1.82) is 0 Å². The quantitative estimate of drug-likeness (QED) is 0.605. The van der Waals surface area contributed by atoms with E-state index in [2.05, 4.69) is 35.6 Å². The fourth-order valence-electron chi connectivity index (χ4n) is 1.32. The van der Waals surface area contributed by atoms with Crippen molar-refractivity contribution in [2.75, 3.05) is 13.7 Å². The Balaban J connectivity index is 2.66. The van der Waals surface area contributed by atoms with E-state index in [9.17, 15) is 4.79 Å². The van der Waals surface area contributed by atoms with Gasteiger partial charge in [0.15, 0.2) is 0 Å². The average molecular weight is 331 g/mol. The van der Waals surface area contributed by atoms with E-state index in [-0.39, 0.29) is 5.97 Å². The molecule has 0 amide bonds. The number of carbonyl (C=O) groups excluding carboxylic acids is 1. The van der Waals surface area contributed by atoms with E-state index >= 15 is 0 Å². The molecule has 0 aliphatic rings. The highest BCUT2D eigenvalue weighted by Crippen LogP contribution is 2.23. The summed E-state index contributed by atoms with van der Waals surface area (Å²) in [5.74, 6) is 0.342. The van der Waals surface area contributed by atoms with Crippen LogP contribution < -0.4 is 4.74 Å². The lowest BCUT2D eigenvalue weighted by Crippen LogP contribution is -2.22. The van der Waals surface area contributed by atoms with Crippen molar-refractivity contribution < 1.29 is 14.3 Å². The molecule has 0 fully saturated rings. The van der Waals surface area contributed by atoms with Crippen LogP contribution in [0.2, 0.25) is 25.7 Å². The van der Waals surface area contributed by atoms with Crippen LogP contribution in [0.4, 0.5) is 0 Å². The number of halogens is 1. The standard InChI is InChI=1S/C13H19BrO3Si/c1-16-10-5-6-12(14)11(9-10)13(15)17-7-8-18(2,3)4/h5-6,9H,7-8H2,1-4H3. The van der Waals surface area contributed by atoms with Gasteiger partial charge in [0.2, 0.25) is 0 Å². The van der Waals surface area contributed by atoms with Gasteiger partial charge in [-0.2, -0.15) is 0 Å². The van der Waals surface area contributed by atoms with Gasteiger partial charge in [0, 0.05) is 12.5 Å². The van der Waals surface area contributed by atoms with Crippen LogP contribution in [0, 0.1) is 0 Å². The van der Waals surface area contributed by atoms with Gasteiger partial charge in [-0.3, -0.25) is 0 Å². The number of benzene rings is 1. The number of carbonyl (C=O) groups is 1. The zero-order chi connectivity index (χ0) is 13.8. The average Bonchev–Trinajstić information content (AvgIpc) is 2.27. The lowest BCUT2D eigenvalue weighted by atomic mass is 10.2. The van der Waals surface area contributed by atoms with Crippen molar-refractivity contribution in [3.63, 3.8) is 0 Å². The SMILES string of the molecule is COc1ccc(Br)c(C(=O)OCC[Si](C)(C)C)c1. The first-order valence-electron chi connectivity index (χ1n) is 5.84. The molecular formula is C13H19BrO3Si. The third-order valence-corrected chi connectivity index (χ3v) is 4.87. The minimum absolute atomic E-state index is 0.306. The molecule has 0 unspecified atom stereocenters. The normalized spacial score (nSPS) is 11.2. The van der Waals surface area contributed by atoms with E-state index in [1.807, 2.05) is 0 Å². The maximum atomic E-state index is 11.9. The molecule has 1 aromatic carbocycles. The lowest BCUT2D eigenvalue weighted by molar-refractivity contribution is 0.0524. The van der Waals surface area contributed by atoms with E-state index in [1.54, 1.807) is 25.3 Å². The Morgan fingerprint density at radius 3 is 2.56 bits per heavy atom. The second-order valence-electron chi connectivity index (χ2n) is 5.29. The minimum atomic E-state index is -1.17. The highest BCUT2D eigenvalue weighted by atomic mass is 79.9. The molecule has 0 heterocycles. The summed E-state index contributed by atoms with van der Waals surface area (Å²) in [6.07, 6.45) is 0. The molecule has 0 N–H and O–H groups in total. The molecule has 5 heteroatoms. The number of hydrogen-bond donors (Lipinski definition) is 0. The molecular weight excluding hydrogens is 312 g/mol. The van der Waals surface area contributed by atoms with Crippen molar-refractivity contribution in [3.8, 4) is 5.75 Å². The topological polar surface area (TPSA) is 35.5 Å². The Bertz CT molecular complexity index is 427. The molecule has 0 bridgehead atoms. The first-order valence-corrected chi connectivity index (χ1v) is 10.3. The third-order valence-electron chi connectivity index (χ3n) is 2.48. The van der Waals surface area contributed by atoms with E-state index in [0.717, 1.165) is 10.5 Å². The highest BCUT2D eigenvalue weighted by molar-refractivity contribution is 9.10. The van der Waals surface area contributed by atoms with Crippen LogP contribution in [0.5, 0.6) is 5.75 Å². The van der Waals surface area contributed by atoms with Gasteiger partial charge in [-0.05, 0) is 40.2 Å². The summed E-state index contributed by atoms with van der Waals surface area (Å²) in [7, 11) is 0.403. The fourth-order valence-corrected chi connectivity index (χ4v) is 2.44. The van der Waals surface area contributed by atoms with Gasteiger partial charge in [0.1, 0.15) is 5.75 Å². The molecule has 0 saturated heterocycles. The zero-order valence-electron chi connectivity index (χ0n) is 11.2. The predicted octanol–water partition coefficient (Wildman–Crippen LogP) is 3.95. The van der Waals surface area contributed by atoms with Crippen LogP contribution >= 0.6 is 15.9 Å².